The summed E-state index contributed by atoms with van der Waals surface area (Å²) in [5.41, 5.74) is 0.383. The molecule has 0 N–H and O–H groups in total. The van der Waals surface area contributed by atoms with Gasteiger partial charge in [-0.3, -0.25) is 4.79 Å². The molecule has 1 fully saturated rings. The van der Waals surface area contributed by atoms with Gasteiger partial charge in [-0.1, -0.05) is 19.3 Å². The first-order valence-electron chi connectivity index (χ1n) is 6.10. The van der Waals surface area contributed by atoms with Crippen molar-refractivity contribution in [1.29, 1.82) is 0 Å². The van der Waals surface area contributed by atoms with E-state index in [2.05, 4.69) is 0 Å². The number of carbonyl (C=O) groups excluding carboxylic acids is 1. The maximum atomic E-state index is 13.6. The predicted octanol–water partition coefficient (Wildman–Crippen LogP) is 3.60. The van der Waals surface area contributed by atoms with Crippen LogP contribution in [0.1, 0.15) is 43.0 Å². The Hall–Kier alpha value is -1.38. The van der Waals surface area contributed by atoms with Gasteiger partial charge in [-0.05, 0) is 37.5 Å². The number of hydrogen-bond acceptors (Lipinski definition) is 2. The maximum Gasteiger partial charge on any atom is 0.165 e. The molecule has 0 atom stereocenters. The van der Waals surface area contributed by atoms with Crippen molar-refractivity contribution >= 4 is 5.78 Å². The van der Waals surface area contributed by atoms with Crippen LogP contribution in [0.25, 0.3) is 0 Å². The lowest BCUT2D eigenvalue weighted by Gasteiger charge is -2.25. The standard InChI is InChI=1S/C14H17FO2/c1-10(16)12-5-6-14(13(15)9-12)17-8-7-11-3-2-4-11/h5-6,9,11H,2-4,7-8H2,1H3. The number of Topliss-reactive ketones (excluding diaryl/α,β-unsaturated/α-hetero) is 1. The number of benzene rings is 1. The monoisotopic (exact) mass is 236 g/mol. The molecule has 0 amide bonds. The van der Waals surface area contributed by atoms with E-state index in [1.807, 2.05) is 0 Å². The molecule has 0 radical (unpaired) electrons. The van der Waals surface area contributed by atoms with Crippen LogP contribution in [0.3, 0.4) is 0 Å². The summed E-state index contributed by atoms with van der Waals surface area (Å²) in [6.07, 6.45) is 4.85. The van der Waals surface area contributed by atoms with E-state index in [1.165, 1.54) is 38.3 Å². The Morgan fingerprint density at radius 3 is 2.76 bits per heavy atom. The molecule has 0 saturated heterocycles. The van der Waals surface area contributed by atoms with Crippen molar-refractivity contribution in [3.8, 4) is 5.75 Å². The molecule has 3 heteroatoms. The lowest BCUT2D eigenvalue weighted by atomic mass is 9.83. The van der Waals surface area contributed by atoms with Crippen LogP contribution in [0.2, 0.25) is 0 Å². The maximum absolute atomic E-state index is 13.6. The number of hydrogen-bond donors (Lipinski definition) is 0. The third-order valence-corrected chi connectivity index (χ3v) is 3.35. The van der Waals surface area contributed by atoms with Gasteiger partial charge in [0, 0.05) is 5.56 Å². The molecule has 2 rings (SSSR count). The highest BCUT2D eigenvalue weighted by Gasteiger charge is 2.17. The van der Waals surface area contributed by atoms with Crippen molar-refractivity contribution in [2.45, 2.75) is 32.6 Å². The second-order valence-corrected chi connectivity index (χ2v) is 4.64. The van der Waals surface area contributed by atoms with Crippen molar-refractivity contribution in [2.75, 3.05) is 6.61 Å². The number of halogens is 1. The van der Waals surface area contributed by atoms with E-state index in [9.17, 15) is 9.18 Å². The quantitative estimate of drug-likeness (QED) is 0.730. The van der Waals surface area contributed by atoms with Crippen molar-refractivity contribution in [2.24, 2.45) is 5.92 Å². The second-order valence-electron chi connectivity index (χ2n) is 4.64. The Labute approximate surface area is 101 Å². The van der Waals surface area contributed by atoms with Gasteiger partial charge in [-0.2, -0.15) is 0 Å². The molecule has 0 bridgehead atoms. The van der Waals surface area contributed by atoms with Gasteiger partial charge in [-0.25, -0.2) is 4.39 Å². The van der Waals surface area contributed by atoms with Gasteiger partial charge in [-0.15, -0.1) is 0 Å². The molecule has 1 saturated carbocycles. The summed E-state index contributed by atoms with van der Waals surface area (Å²) in [5.74, 6) is 0.417. The van der Waals surface area contributed by atoms with Gasteiger partial charge < -0.3 is 4.74 Å². The molecule has 1 aliphatic rings. The Morgan fingerprint density at radius 2 is 2.24 bits per heavy atom. The van der Waals surface area contributed by atoms with Crippen LogP contribution in [-0.4, -0.2) is 12.4 Å². The molecular weight excluding hydrogens is 219 g/mol. The lowest BCUT2D eigenvalue weighted by Crippen LogP contribution is -2.14. The van der Waals surface area contributed by atoms with E-state index < -0.39 is 5.82 Å². The first kappa shape index (κ1) is 12.1. The smallest absolute Gasteiger partial charge is 0.165 e. The van der Waals surface area contributed by atoms with E-state index in [4.69, 9.17) is 4.74 Å². The SMILES string of the molecule is CC(=O)c1ccc(OCCC2CCC2)c(F)c1. The minimum atomic E-state index is -0.452. The number of ether oxygens (including phenoxy) is 1. The Morgan fingerprint density at radius 1 is 1.47 bits per heavy atom. The summed E-state index contributed by atoms with van der Waals surface area (Å²) in [4.78, 5) is 11.1. The molecule has 0 unspecified atom stereocenters. The fraction of sp³-hybridized carbons (Fsp3) is 0.500. The topological polar surface area (TPSA) is 26.3 Å². The van der Waals surface area contributed by atoms with E-state index in [0.29, 0.717) is 12.2 Å². The molecule has 0 spiro atoms. The van der Waals surface area contributed by atoms with Crippen LogP contribution in [-0.2, 0) is 0 Å². The first-order chi connectivity index (χ1) is 8.16. The summed E-state index contributed by atoms with van der Waals surface area (Å²) >= 11 is 0. The van der Waals surface area contributed by atoms with Crippen LogP contribution in [0, 0.1) is 11.7 Å². The van der Waals surface area contributed by atoms with E-state index in [1.54, 1.807) is 6.07 Å². The van der Waals surface area contributed by atoms with Crippen molar-refractivity contribution in [3.05, 3.63) is 29.6 Å². The van der Waals surface area contributed by atoms with Gasteiger partial charge in [0.1, 0.15) is 0 Å². The zero-order chi connectivity index (χ0) is 12.3. The largest absolute Gasteiger partial charge is 0.491 e. The molecule has 1 aromatic carbocycles. The molecule has 0 aliphatic heterocycles. The first-order valence-corrected chi connectivity index (χ1v) is 6.10. The molecule has 1 aliphatic carbocycles. The van der Waals surface area contributed by atoms with Gasteiger partial charge >= 0.3 is 0 Å². The number of carbonyl (C=O) groups is 1. The number of ketones is 1. The van der Waals surface area contributed by atoms with E-state index in [0.717, 1.165) is 12.3 Å². The van der Waals surface area contributed by atoms with Crippen molar-refractivity contribution in [1.82, 2.24) is 0 Å². The molecule has 17 heavy (non-hydrogen) atoms. The fourth-order valence-corrected chi connectivity index (χ4v) is 1.95. The van der Waals surface area contributed by atoms with Gasteiger partial charge in [0.15, 0.2) is 17.3 Å². The van der Waals surface area contributed by atoms with Crippen LogP contribution in [0.4, 0.5) is 4.39 Å². The average molecular weight is 236 g/mol. The van der Waals surface area contributed by atoms with Crippen LogP contribution in [0.15, 0.2) is 18.2 Å². The van der Waals surface area contributed by atoms with Gasteiger partial charge in [0.05, 0.1) is 6.61 Å². The zero-order valence-corrected chi connectivity index (χ0v) is 10.0. The molecule has 0 aromatic heterocycles. The molecular formula is C14H17FO2. The van der Waals surface area contributed by atoms with E-state index in [-0.39, 0.29) is 11.5 Å². The zero-order valence-electron chi connectivity index (χ0n) is 10.0. The highest BCUT2D eigenvalue weighted by atomic mass is 19.1. The molecule has 0 heterocycles. The van der Waals surface area contributed by atoms with E-state index >= 15 is 0 Å². The van der Waals surface area contributed by atoms with Crippen LogP contribution < -0.4 is 4.74 Å². The normalized spacial score (nSPS) is 15.4. The van der Waals surface area contributed by atoms with Gasteiger partial charge in [0.2, 0.25) is 0 Å². The third-order valence-electron chi connectivity index (χ3n) is 3.35. The summed E-state index contributed by atoms with van der Waals surface area (Å²) in [6, 6.07) is 4.37. The highest BCUT2D eigenvalue weighted by molar-refractivity contribution is 5.94. The molecule has 92 valence electrons. The molecule has 1 aromatic rings. The Balaban J connectivity index is 1.89. The Bertz CT molecular complexity index is 411. The molecule has 2 nitrogen and oxygen atoms in total. The average Bonchev–Trinajstić information content (AvgIpc) is 2.23. The summed E-state index contributed by atoms with van der Waals surface area (Å²) < 4.78 is 18.9. The second kappa shape index (κ2) is 5.30. The lowest BCUT2D eigenvalue weighted by molar-refractivity contribution is 0.101. The summed E-state index contributed by atoms with van der Waals surface area (Å²) in [7, 11) is 0. The predicted molar refractivity (Wildman–Crippen MR) is 63.9 cm³/mol. The minimum Gasteiger partial charge on any atom is -0.491 e. The number of rotatable bonds is 5. The highest BCUT2D eigenvalue weighted by Crippen LogP contribution is 2.29. The van der Waals surface area contributed by atoms with Crippen molar-refractivity contribution < 1.29 is 13.9 Å². The fourth-order valence-electron chi connectivity index (χ4n) is 1.95. The van der Waals surface area contributed by atoms with Crippen molar-refractivity contribution in [3.63, 3.8) is 0 Å². The minimum absolute atomic E-state index is 0.134. The Kier molecular flexibility index (Phi) is 3.77. The third kappa shape index (κ3) is 3.05. The van der Waals surface area contributed by atoms with Crippen LogP contribution in [0.5, 0.6) is 5.75 Å². The van der Waals surface area contributed by atoms with Crippen LogP contribution >= 0.6 is 0 Å². The summed E-state index contributed by atoms with van der Waals surface area (Å²) in [5, 5.41) is 0. The summed E-state index contributed by atoms with van der Waals surface area (Å²) in [6.45, 7) is 1.98. The van der Waals surface area contributed by atoms with Gasteiger partial charge in [0.25, 0.3) is 0 Å².